The SMILES string of the molecule is CC(C)(C)C(=O)/C(Cc1c(F)cccc1Cl)=C(/O)C(C)(C)C. The number of Topliss-reactive ketones (excluding diaryl/α,β-unsaturated/α-hetero) is 1. The second kappa shape index (κ2) is 6.41. The van der Waals surface area contributed by atoms with Crippen LogP contribution in [-0.4, -0.2) is 10.9 Å². The number of rotatable bonds is 3. The maximum absolute atomic E-state index is 14.0. The van der Waals surface area contributed by atoms with Crippen LogP contribution in [0, 0.1) is 16.6 Å². The largest absolute Gasteiger partial charge is 0.511 e. The third kappa shape index (κ3) is 4.33. The lowest BCUT2D eigenvalue weighted by atomic mass is 9.79. The van der Waals surface area contributed by atoms with E-state index in [1.54, 1.807) is 47.6 Å². The molecule has 0 aliphatic heterocycles. The molecule has 0 saturated heterocycles. The fourth-order valence-electron chi connectivity index (χ4n) is 2.05. The molecule has 1 aromatic carbocycles. The Hall–Kier alpha value is -1.35. The molecule has 0 aliphatic rings. The smallest absolute Gasteiger partial charge is 0.167 e. The van der Waals surface area contributed by atoms with Gasteiger partial charge in [-0.15, -0.1) is 0 Å². The van der Waals surface area contributed by atoms with Gasteiger partial charge in [0.2, 0.25) is 0 Å². The number of ketones is 1. The van der Waals surface area contributed by atoms with E-state index < -0.39 is 16.6 Å². The van der Waals surface area contributed by atoms with Gasteiger partial charge in [0, 0.05) is 33.4 Å². The highest BCUT2D eigenvalue weighted by Crippen LogP contribution is 2.33. The Kier molecular flexibility index (Phi) is 5.45. The first-order chi connectivity index (χ1) is 9.85. The summed E-state index contributed by atoms with van der Waals surface area (Å²) in [5, 5.41) is 10.8. The third-order valence-electron chi connectivity index (χ3n) is 3.37. The van der Waals surface area contributed by atoms with Gasteiger partial charge in [-0.2, -0.15) is 0 Å². The van der Waals surface area contributed by atoms with Gasteiger partial charge in [-0.05, 0) is 12.1 Å². The molecule has 0 saturated carbocycles. The second-order valence-corrected chi connectivity index (χ2v) is 7.94. The van der Waals surface area contributed by atoms with E-state index >= 15 is 0 Å². The molecule has 0 heterocycles. The van der Waals surface area contributed by atoms with Crippen molar-refractivity contribution in [2.24, 2.45) is 10.8 Å². The van der Waals surface area contributed by atoms with E-state index in [9.17, 15) is 14.3 Å². The molecule has 0 radical (unpaired) electrons. The van der Waals surface area contributed by atoms with Crippen LogP contribution in [0.5, 0.6) is 0 Å². The number of aliphatic hydroxyl groups excluding tert-OH is 1. The minimum Gasteiger partial charge on any atom is -0.511 e. The number of aliphatic hydroxyl groups is 1. The molecule has 0 aromatic heterocycles. The zero-order valence-electron chi connectivity index (χ0n) is 14.1. The Morgan fingerprint density at radius 1 is 1.14 bits per heavy atom. The van der Waals surface area contributed by atoms with Crippen LogP contribution >= 0.6 is 11.6 Å². The van der Waals surface area contributed by atoms with Crippen molar-refractivity contribution in [1.82, 2.24) is 0 Å². The first-order valence-electron chi connectivity index (χ1n) is 7.26. The van der Waals surface area contributed by atoms with Crippen LogP contribution < -0.4 is 0 Å². The van der Waals surface area contributed by atoms with E-state index in [0.717, 1.165) is 0 Å². The molecule has 1 rings (SSSR count). The number of carbonyl (C=O) groups excluding carboxylic acids is 1. The number of carbonyl (C=O) groups is 1. The molecule has 4 heteroatoms. The molecule has 1 N–H and O–H groups in total. The van der Waals surface area contributed by atoms with Crippen LogP contribution in [0.25, 0.3) is 0 Å². The standard InChI is InChI=1S/C18H24ClFO2/c1-17(2,3)15(21)12(16(22)18(4,5)6)10-11-13(19)8-7-9-14(11)20/h7-9,21H,10H2,1-6H3/b15-12+. The van der Waals surface area contributed by atoms with Crippen molar-refractivity contribution in [2.45, 2.75) is 48.0 Å². The summed E-state index contributed by atoms with van der Waals surface area (Å²) < 4.78 is 14.0. The summed E-state index contributed by atoms with van der Waals surface area (Å²) in [6.45, 7) is 10.7. The summed E-state index contributed by atoms with van der Waals surface area (Å²) >= 11 is 6.06. The Morgan fingerprint density at radius 2 is 1.68 bits per heavy atom. The predicted molar refractivity (Wildman–Crippen MR) is 88.7 cm³/mol. The summed E-state index contributed by atoms with van der Waals surface area (Å²) in [6.07, 6.45) is -0.0231. The molecule has 22 heavy (non-hydrogen) atoms. The summed E-state index contributed by atoms with van der Waals surface area (Å²) in [5.74, 6) is -0.709. The van der Waals surface area contributed by atoms with Gasteiger partial charge in [0.1, 0.15) is 11.6 Å². The lowest BCUT2D eigenvalue weighted by Gasteiger charge is -2.26. The van der Waals surface area contributed by atoms with Crippen LogP contribution in [0.2, 0.25) is 5.02 Å². The topological polar surface area (TPSA) is 37.3 Å². The van der Waals surface area contributed by atoms with Crippen LogP contribution in [0.4, 0.5) is 4.39 Å². The molecule has 2 nitrogen and oxygen atoms in total. The molecular weight excluding hydrogens is 303 g/mol. The first kappa shape index (κ1) is 18.7. The van der Waals surface area contributed by atoms with Crippen molar-refractivity contribution in [3.05, 3.63) is 45.9 Å². The molecule has 0 spiro atoms. The van der Waals surface area contributed by atoms with Crippen molar-refractivity contribution in [2.75, 3.05) is 0 Å². The van der Waals surface area contributed by atoms with E-state index in [-0.39, 0.29) is 34.1 Å². The normalized spacial score (nSPS) is 13.8. The van der Waals surface area contributed by atoms with Crippen molar-refractivity contribution in [1.29, 1.82) is 0 Å². The number of benzene rings is 1. The van der Waals surface area contributed by atoms with Crippen molar-refractivity contribution in [3.8, 4) is 0 Å². The summed E-state index contributed by atoms with van der Waals surface area (Å²) in [6, 6.07) is 4.39. The van der Waals surface area contributed by atoms with Gasteiger partial charge in [0.15, 0.2) is 5.78 Å². The van der Waals surface area contributed by atoms with Gasteiger partial charge in [-0.1, -0.05) is 59.2 Å². The zero-order chi connectivity index (χ0) is 17.3. The second-order valence-electron chi connectivity index (χ2n) is 7.53. The lowest BCUT2D eigenvalue weighted by molar-refractivity contribution is -0.122. The van der Waals surface area contributed by atoms with Crippen LogP contribution in [-0.2, 0) is 11.2 Å². The molecule has 0 fully saturated rings. The summed E-state index contributed by atoms with van der Waals surface area (Å²) in [7, 11) is 0. The van der Waals surface area contributed by atoms with Gasteiger partial charge in [-0.25, -0.2) is 4.39 Å². The number of hydrogen-bond donors (Lipinski definition) is 1. The molecule has 0 amide bonds. The Balaban J connectivity index is 3.45. The minimum atomic E-state index is -0.674. The van der Waals surface area contributed by atoms with Crippen LogP contribution in [0.3, 0.4) is 0 Å². The third-order valence-corrected chi connectivity index (χ3v) is 3.72. The summed E-state index contributed by atoms with van der Waals surface area (Å²) in [5.41, 5.74) is -0.833. The van der Waals surface area contributed by atoms with Gasteiger partial charge in [0.05, 0.1) is 0 Å². The fraction of sp³-hybridized carbons (Fsp3) is 0.500. The molecule has 122 valence electrons. The average molecular weight is 327 g/mol. The summed E-state index contributed by atoms with van der Waals surface area (Å²) in [4.78, 5) is 12.7. The van der Waals surface area contributed by atoms with E-state index in [0.29, 0.717) is 0 Å². The quantitative estimate of drug-likeness (QED) is 0.588. The maximum Gasteiger partial charge on any atom is 0.167 e. The van der Waals surface area contributed by atoms with E-state index in [4.69, 9.17) is 11.6 Å². The lowest BCUT2D eigenvalue weighted by Crippen LogP contribution is -2.27. The van der Waals surface area contributed by atoms with Crippen molar-refractivity contribution < 1.29 is 14.3 Å². The Bertz CT molecular complexity index is 584. The molecule has 0 aliphatic carbocycles. The zero-order valence-corrected chi connectivity index (χ0v) is 14.8. The van der Waals surface area contributed by atoms with E-state index in [2.05, 4.69) is 0 Å². The highest BCUT2D eigenvalue weighted by Gasteiger charge is 2.32. The Labute approximate surface area is 137 Å². The molecular formula is C18H24ClFO2. The van der Waals surface area contributed by atoms with Gasteiger partial charge in [0.25, 0.3) is 0 Å². The van der Waals surface area contributed by atoms with Gasteiger partial charge >= 0.3 is 0 Å². The number of hydrogen-bond acceptors (Lipinski definition) is 2. The van der Waals surface area contributed by atoms with Crippen molar-refractivity contribution in [3.63, 3.8) is 0 Å². The van der Waals surface area contributed by atoms with Crippen LogP contribution in [0.15, 0.2) is 29.5 Å². The fourth-order valence-corrected chi connectivity index (χ4v) is 2.28. The first-order valence-corrected chi connectivity index (χ1v) is 7.63. The molecule has 0 bridgehead atoms. The van der Waals surface area contributed by atoms with Gasteiger partial charge < -0.3 is 5.11 Å². The minimum absolute atomic E-state index is 0.0215. The monoisotopic (exact) mass is 326 g/mol. The maximum atomic E-state index is 14.0. The highest BCUT2D eigenvalue weighted by molar-refractivity contribution is 6.31. The Morgan fingerprint density at radius 3 is 2.09 bits per heavy atom. The number of allylic oxidation sites excluding steroid dienone is 2. The van der Waals surface area contributed by atoms with Crippen molar-refractivity contribution >= 4 is 17.4 Å². The molecule has 1 aromatic rings. The highest BCUT2D eigenvalue weighted by atomic mass is 35.5. The van der Waals surface area contributed by atoms with E-state index in [1.807, 2.05) is 0 Å². The molecule has 0 unspecified atom stereocenters. The number of halogens is 2. The van der Waals surface area contributed by atoms with Crippen LogP contribution in [0.1, 0.15) is 47.1 Å². The molecule has 0 atom stereocenters. The average Bonchev–Trinajstić information content (AvgIpc) is 2.35. The van der Waals surface area contributed by atoms with E-state index in [1.165, 1.54) is 12.1 Å². The van der Waals surface area contributed by atoms with Gasteiger partial charge in [-0.3, -0.25) is 4.79 Å². The predicted octanol–water partition coefficient (Wildman–Crippen LogP) is 5.50.